The lowest BCUT2D eigenvalue weighted by Gasteiger charge is -2.20. The fourth-order valence-corrected chi connectivity index (χ4v) is 1.86. The van der Waals surface area contributed by atoms with E-state index in [-0.39, 0.29) is 6.04 Å². The normalized spacial score (nSPS) is 13.6. The second kappa shape index (κ2) is 6.54. The number of aliphatic hydroxyl groups is 1. The van der Waals surface area contributed by atoms with Gasteiger partial charge in [-0.05, 0) is 24.6 Å². The molecule has 2 N–H and O–H groups in total. The van der Waals surface area contributed by atoms with Crippen molar-refractivity contribution in [1.29, 1.82) is 0 Å². The molecule has 0 aliphatic rings. The smallest absolute Gasteiger partial charge is 0.222 e. The van der Waals surface area contributed by atoms with Gasteiger partial charge in [-0.3, -0.25) is 0 Å². The van der Waals surface area contributed by atoms with Gasteiger partial charge >= 0.3 is 0 Å². The van der Waals surface area contributed by atoms with Crippen molar-refractivity contribution in [1.82, 2.24) is 9.97 Å². The van der Waals surface area contributed by atoms with E-state index in [4.69, 9.17) is 16.3 Å². The molecule has 0 aliphatic heterocycles. The molecule has 0 aliphatic carbocycles. The van der Waals surface area contributed by atoms with Crippen LogP contribution in [0.5, 0.6) is 5.75 Å². The van der Waals surface area contributed by atoms with Gasteiger partial charge in [0.05, 0.1) is 36.7 Å². The Labute approximate surface area is 122 Å². The summed E-state index contributed by atoms with van der Waals surface area (Å²) >= 11 is 5.72. The van der Waals surface area contributed by atoms with Crippen molar-refractivity contribution < 1.29 is 9.84 Å². The third kappa shape index (κ3) is 3.59. The first kappa shape index (κ1) is 14.6. The number of ether oxygens (including phenoxy) is 1. The van der Waals surface area contributed by atoms with Crippen molar-refractivity contribution >= 4 is 17.5 Å². The molecule has 1 aromatic carbocycles. The predicted molar refractivity (Wildman–Crippen MR) is 78.1 cm³/mol. The van der Waals surface area contributed by atoms with Crippen molar-refractivity contribution in [2.45, 2.75) is 19.1 Å². The van der Waals surface area contributed by atoms with Crippen LogP contribution in [0.2, 0.25) is 5.02 Å². The van der Waals surface area contributed by atoms with Crippen LogP contribution in [0, 0.1) is 0 Å². The summed E-state index contributed by atoms with van der Waals surface area (Å²) in [5, 5.41) is 13.8. The van der Waals surface area contributed by atoms with Gasteiger partial charge in [0.1, 0.15) is 5.75 Å². The number of nitrogens with zero attached hydrogens (tertiary/aromatic N) is 2. The van der Waals surface area contributed by atoms with E-state index in [0.717, 1.165) is 11.3 Å². The lowest BCUT2D eigenvalue weighted by molar-refractivity contribution is 0.160. The summed E-state index contributed by atoms with van der Waals surface area (Å²) in [5.74, 6) is 1.18. The van der Waals surface area contributed by atoms with E-state index in [1.165, 1.54) is 12.4 Å². The molecular formula is C14H16ClN3O2. The number of aromatic nitrogens is 2. The van der Waals surface area contributed by atoms with E-state index in [9.17, 15) is 5.11 Å². The number of hydrogen-bond donors (Lipinski definition) is 2. The Morgan fingerprint density at radius 1 is 1.20 bits per heavy atom. The predicted octanol–water partition coefficient (Wildman–Crippen LogP) is 2.67. The van der Waals surface area contributed by atoms with Gasteiger partial charge in [-0.15, -0.1) is 0 Å². The average molecular weight is 294 g/mol. The second-order valence-corrected chi connectivity index (χ2v) is 4.81. The third-order valence-electron chi connectivity index (χ3n) is 2.91. The van der Waals surface area contributed by atoms with E-state index in [1.54, 1.807) is 7.11 Å². The Bertz CT molecular complexity index is 545. The van der Waals surface area contributed by atoms with Crippen LogP contribution in [0.25, 0.3) is 0 Å². The molecule has 0 saturated carbocycles. The summed E-state index contributed by atoms with van der Waals surface area (Å²) in [6.45, 7) is 1.85. The number of benzene rings is 1. The molecule has 2 aromatic rings. The maximum absolute atomic E-state index is 10.3. The zero-order valence-electron chi connectivity index (χ0n) is 11.2. The molecule has 1 heterocycles. The molecular weight excluding hydrogens is 278 g/mol. The van der Waals surface area contributed by atoms with Gasteiger partial charge in [-0.25, -0.2) is 9.97 Å². The van der Waals surface area contributed by atoms with Gasteiger partial charge in [-0.1, -0.05) is 23.7 Å². The molecule has 2 atom stereocenters. The molecule has 2 rings (SSSR count). The molecule has 0 saturated heterocycles. The van der Waals surface area contributed by atoms with Crippen LogP contribution in [0.1, 0.15) is 18.6 Å². The molecule has 106 valence electrons. The summed E-state index contributed by atoms with van der Waals surface area (Å²) in [7, 11) is 1.60. The molecule has 0 fully saturated rings. The van der Waals surface area contributed by atoms with Crippen molar-refractivity contribution in [3.05, 3.63) is 47.2 Å². The zero-order chi connectivity index (χ0) is 14.5. The van der Waals surface area contributed by atoms with Crippen LogP contribution < -0.4 is 10.1 Å². The minimum absolute atomic E-state index is 0.246. The molecule has 0 spiro atoms. The number of aliphatic hydroxyl groups excluding tert-OH is 1. The van der Waals surface area contributed by atoms with Crippen LogP contribution in [0.4, 0.5) is 5.95 Å². The SMILES string of the molecule is COc1ccc(C(O)C(C)Nc2ncc(Cl)cn2)cc1. The van der Waals surface area contributed by atoms with Gasteiger partial charge in [-0.2, -0.15) is 0 Å². The minimum Gasteiger partial charge on any atom is -0.497 e. The summed E-state index contributed by atoms with van der Waals surface area (Å²) < 4.78 is 5.09. The first-order valence-electron chi connectivity index (χ1n) is 6.16. The fraction of sp³-hybridized carbons (Fsp3) is 0.286. The monoisotopic (exact) mass is 293 g/mol. The summed E-state index contributed by atoms with van der Waals surface area (Å²) in [4.78, 5) is 8.07. The van der Waals surface area contributed by atoms with Crippen LogP contribution in [-0.4, -0.2) is 28.2 Å². The summed E-state index contributed by atoms with van der Waals surface area (Å²) in [6, 6.07) is 7.02. The van der Waals surface area contributed by atoms with E-state index >= 15 is 0 Å². The lowest BCUT2D eigenvalue weighted by atomic mass is 10.0. The number of halogens is 1. The summed E-state index contributed by atoms with van der Waals surface area (Å²) in [5.41, 5.74) is 0.791. The molecule has 5 nitrogen and oxygen atoms in total. The number of nitrogens with one attached hydrogen (secondary N) is 1. The van der Waals surface area contributed by atoms with E-state index in [0.29, 0.717) is 11.0 Å². The Balaban J connectivity index is 2.03. The molecule has 20 heavy (non-hydrogen) atoms. The third-order valence-corrected chi connectivity index (χ3v) is 3.10. The maximum atomic E-state index is 10.3. The molecule has 0 amide bonds. The van der Waals surface area contributed by atoms with Gasteiger partial charge in [0.2, 0.25) is 5.95 Å². The van der Waals surface area contributed by atoms with E-state index in [2.05, 4.69) is 15.3 Å². The zero-order valence-corrected chi connectivity index (χ0v) is 12.0. The highest BCUT2D eigenvalue weighted by Gasteiger charge is 2.17. The van der Waals surface area contributed by atoms with E-state index < -0.39 is 6.10 Å². The molecule has 1 aromatic heterocycles. The van der Waals surface area contributed by atoms with Gasteiger partial charge < -0.3 is 15.2 Å². The van der Waals surface area contributed by atoms with Gasteiger partial charge in [0.15, 0.2) is 0 Å². The highest BCUT2D eigenvalue weighted by Crippen LogP contribution is 2.21. The number of rotatable bonds is 5. The Morgan fingerprint density at radius 2 is 1.80 bits per heavy atom. The second-order valence-electron chi connectivity index (χ2n) is 4.38. The van der Waals surface area contributed by atoms with Gasteiger partial charge in [0, 0.05) is 0 Å². The average Bonchev–Trinajstić information content (AvgIpc) is 2.49. The van der Waals surface area contributed by atoms with Crippen LogP contribution in [0.15, 0.2) is 36.7 Å². The maximum Gasteiger partial charge on any atom is 0.222 e. The van der Waals surface area contributed by atoms with E-state index in [1.807, 2.05) is 31.2 Å². The largest absolute Gasteiger partial charge is 0.497 e. The van der Waals surface area contributed by atoms with Crippen molar-refractivity contribution in [3.63, 3.8) is 0 Å². The van der Waals surface area contributed by atoms with Crippen molar-refractivity contribution in [2.75, 3.05) is 12.4 Å². The topological polar surface area (TPSA) is 67.3 Å². The Morgan fingerprint density at radius 3 is 2.35 bits per heavy atom. The van der Waals surface area contributed by atoms with Crippen LogP contribution >= 0.6 is 11.6 Å². The standard InChI is InChI=1S/C14H16ClN3O2/c1-9(18-14-16-7-11(15)8-17-14)13(19)10-3-5-12(20-2)6-4-10/h3-9,13,19H,1-2H3,(H,16,17,18). The first-order chi connectivity index (χ1) is 9.60. The number of methoxy groups -OCH3 is 1. The molecule has 6 heteroatoms. The van der Waals surface area contributed by atoms with Crippen LogP contribution in [0.3, 0.4) is 0 Å². The van der Waals surface area contributed by atoms with Crippen LogP contribution in [-0.2, 0) is 0 Å². The Hall–Kier alpha value is -1.85. The number of hydrogen-bond acceptors (Lipinski definition) is 5. The molecule has 0 bridgehead atoms. The highest BCUT2D eigenvalue weighted by molar-refractivity contribution is 6.30. The van der Waals surface area contributed by atoms with Crippen molar-refractivity contribution in [2.24, 2.45) is 0 Å². The first-order valence-corrected chi connectivity index (χ1v) is 6.54. The molecule has 2 unspecified atom stereocenters. The highest BCUT2D eigenvalue weighted by atomic mass is 35.5. The number of anilines is 1. The molecule has 0 radical (unpaired) electrons. The quantitative estimate of drug-likeness (QED) is 0.887. The summed E-state index contributed by atoms with van der Waals surface area (Å²) in [6.07, 6.45) is 2.33. The lowest BCUT2D eigenvalue weighted by Crippen LogP contribution is -2.25. The fourth-order valence-electron chi connectivity index (χ4n) is 1.76. The Kier molecular flexibility index (Phi) is 4.76. The van der Waals surface area contributed by atoms with Crippen molar-refractivity contribution in [3.8, 4) is 5.75 Å². The minimum atomic E-state index is -0.680. The van der Waals surface area contributed by atoms with Gasteiger partial charge in [0.25, 0.3) is 0 Å².